The summed E-state index contributed by atoms with van der Waals surface area (Å²) in [6.45, 7) is 5.15. The van der Waals surface area contributed by atoms with Gasteiger partial charge in [0.25, 0.3) is 0 Å². The number of benzene rings is 1. The molecule has 2 aliphatic heterocycles. The minimum absolute atomic E-state index is 0.0977. The van der Waals surface area contributed by atoms with Crippen molar-refractivity contribution in [2.24, 2.45) is 5.73 Å². The summed E-state index contributed by atoms with van der Waals surface area (Å²) in [6, 6.07) is 10.7. The smallest absolute Gasteiger partial charge is 0.0707 e. The molecule has 2 heterocycles. The minimum atomic E-state index is 0.0977. The number of nitrogens with two attached hydrogens (primary N) is 1. The maximum absolute atomic E-state index is 6.13. The van der Waals surface area contributed by atoms with Gasteiger partial charge in [-0.15, -0.1) is 0 Å². The van der Waals surface area contributed by atoms with E-state index in [1.807, 2.05) is 0 Å². The molecular weight excluding hydrogens is 248 g/mol. The third-order valence-corrected chi connectivity index (χ3v) is 5.04. The molecule has 0 saturated carbocycles. The molecule has 1 aromatic carbocycles. The molecule has 0 spiro atoms. The van der Waals surface area contributed by atoms with Crippen molar-refractivity contribution in [1.82, 2.24) is 4.90 Å². The van der Waals surface area contributed by atoms with Crippen molar-refractivity contribution >= 4 is 0 Å². The summed E-state index contributed by atoms with van der Waals surface area (Å²) >= 11 is 0. The summed E-state index contributed by atoms with van der Waals surface area (Å²) in [5.41, 5.74) is 7.63. The van der Waals surface area contributed by atoms with Crippen LogP contribution >= 0.6 is 0 Å². The average molecular weight is 274 g/mol. The van der Waals surface area contributed by atoms with Crippen molar-refractivity contribution < 1.29 is 4.74 Å². The third kappa shape index (κ3) is 2.90. The van der Waals surface area contributed by atoms with E-state index in [1.165, 1.54) is 18.4 Å². The van der Waals surface area contributed by atoms with Crippen LogP contribution in [-0.4, -0.2) is 42.3 Å². The summed E-state index contributed by atoms with van der Waals surface area (Å²) < 4.78 is 5.95. The van der Waals surface area contributed by atoms with Gasteiger partial charge in [-0.1, -0.05) is 30.3 Å². The molecule has 110 valence electrons. The van der Waals surface area contributed by atoms with E-state index in [1.54, 1.807) is 0 Å². The van der Waals surface area contributed by atoms with Crippen molar-refractivity contribution in [3.63, 3.8) is 0 Å². The average Bonchev–Trinajstić information content (AvgIpc) is 2.84. The second-order valence-corrected chi connectivity index (χ2v) is 6.55. The van der Waals surface area contributed by atoms with Gasteiger partial charge in [0.15, 0.2) is 0 Å². The lowest BCUT2D eigenvalue weighted by atomic mass is 9.90. The lowest BCUT2D eigenvalue weighted by molar-refractivity contribution is -0.0744. The molecule has 0 aromatic heterocycles. The Labute approximate surface area is 122 Å². The van der Waals surface area contributed by atoms with E-state index in [4.69, 9.17) is 10.5 Å². The zero-order chi connectivity index (χ0) is 14.0. The van der Waals surface area contributed by atoms with Gasteiger partial charge in [0.2, 0.25) is 0 Å². The molecule has 3 atom stereocenters. The van der Waals surface area contributed by atoms with Crippen LogP contribution in [0.25, 0.3) is 0 Å². The molecule has 0 aliphatic carbocycles. The Bertz CT molecular complexity index is 424. The SMILES string of the molecule is CC(CN)(CCc1ccccc1)N1CC2CCC(C1)O2. The highest BCUT2D eigenvalue weighted by Gasteiger charge is 2.40. The van der Waals surface area contributed by atoms with E-state index in [2.05, 4.69) is 42.2 Å². The van der Waals surface area contributed by atoms with Crippen molar-refractivity contribution in [1.29, 1.82) is 0 Å². The summed E-state index contributed by atoms with van der Waals surface area (Å²) in [7, 11) is 0. The largest absolute Gasteiger partial charge is 0.372 e. The lowest BCUT2D eigenvalue weighted by Gasteiger charge is -2.45. The molecule has 1 aromatic rings. The Balaban J connectivity index is 1.64. The Kier molecular flexibility index (Phi) is 4.11. The van der Waals surface area contributed by atoms with E-state index in [9.17, 15) is 0 Å². The zero-order valence-electron chi connectivity index (χ0n) is 12.4. The first-order valence-corrected chi connectivity index (χ1v) is 7.84. The van der Waals surface area contributed by atoms with Crippen LogP contribution in [0.1, 0.15) is 31.7 Å². The first kappa shape index (κ1) is 14.1. The number of hydrogen-bond acceptors (Lipinski definition) is 3. The first-order chi connectivity index (χ1) is 9.69. The predicted octanol–water partition coefficient (Wildman–Crippen LogP) is 2.20. The third-order valence-electron chi connectivity index (χ3n) is 5.04. The van der Waals surface area contributed by atoms with Gasteiger partial charge < -0.3 is 10.5 Å². The van der Waals surface area contributed by atoms with Crippen LogP contribution in [0.15, 0.2) is 30.3 Å². The molecule has 3 rings (SSSR count). The topological polar surface area (TPSA) is 38.5 Å². The molecule has 3 heteroatoms. The number of morpholine rings is 1. The molecule has 3 unspecified atom stereocenters. The van der Waals surface area contributed by atoms with Crippen LogP contribution in [0.5, 0.6) is 0 Å². The van der Waals surface area contributed by atoms with Gasteiger partial charge in [-0.25, -0.2) is 0 Å². The van der Waals surface area contributed by atoms with Crippen molar-refractivity contribution in [3.05, 3.63) is 35.9 Å². The maximum atomic E-state index is 6.13. The van der Waals surface area contributed by atoms with Crippen LogP contribution in [0.2, 0.25) is 0 Å². The molecule has 2 aliphatic rings. The number of aryl methyl sites for hydroxylation is 1. The van der Waals surface area contributed by atoms with Crippen molar-refractivity contribution in [3.8, 4) is 0 Å². The Hall–Kier alpha value is -0.900. The van der Waals surface area contributed by atoms with Gasteiger partial charge in [0.05, 0.1) is 12.2 Å². The number of nitrogens with zero attached hydrogens (tertiary/aromatic N) is 1. The van der Waals surface area contributed by atoms with Crippen LogP contribution in [0.4, 0.5) is 0 Å². The molecule has 2 N–H and O–H groups in total. The number of rotatable bonds is 5. The summed E-state index contributed by atoms with van der Waals surface area (Å²) in [5.74, 6) is 0. The zero-order valence-corrected chi connectivity index (χ0v) is 12.4. The molecule has 3 nitrogen and oxygen atoms in total. The molecule has 2 bridgehead atoms. The van der Waals surface area contributed by atoms with Crippen LogP contribution in [0, 0.1) is 0 Å². The minimum Gasteiger partial charge on any atom is -0.372 e. The Morgan fingerprint density at radius 3 is 2.45 bits per heavy atom. The molecular formula is C17H26N2O. The highest BCUT2D eigenvalue weighted by molar-refractivity contribution is 5.15. The number of ether oxygens (including phenoxy) is 1. The van der Waals surface area contributed by atoms with Gasteiger partial charge >= 0.3 is 0 Å². The van der Waals surface area contributed by atoms with Gasteiger partial charge in [0.1, 0.15) is 0 Å². The summed E-state index contributed by atoms with van der Waals surface area (Å²) in [5, 5.41) is 0. The number of hydrogen-bond donors (Lipinski definition) is 1. The Morgan fingerprint density at radius 2 is 1.85 bits per heavy atom. The fraction of sp³-hybridized carbons (Fsp3) is 0.647. The van der Waals surface area contributed by atoms with E-state index in [-0.39, 0.29) is 5.54 Å². The fourth-order valence-electron chi connectivity index (χ4n) is 3.50. The Morgan fingerprint density at radius 1 is 1.20 bits per heavy atom. The predicted molar refractivity (Wildman–Crippen MR) is 81.7 cm³/mol. The van der Waals surface area contributed by atoms with E-state index in [0.29, 0.717) is 12.2 Å². The van der Waals surface area contributed by atoms with Gasteiger partial charge in [-0.05, 0) is 38.2 Å². The van der Waals surface area contributed by atoms with Crippen molar-refractivity contribution in [2.75, 3.05) is 19.6 Å². The van der Waals surface area contributed by atoms with Gasteiger partial charge in [-0.2, -0.15) is 0 Å². The fourth-order valence-corrected chi connectivity index (χ4v) is 3.50. The summed E-state index contributed by atoms with van der Waals surface area (Å²) in [4.78, 5) is 2.59. The van der Waals surface area contributed by atoms with Crippen molar-refractivity contribution in [2.45, 2.75) is 50.4 Å². The number of likely N-dealkylation sites (tertiary alicyclic amines) is 1. The van der Waals surface area contributed by atoms with E-state index < -0.39 is 0 Å². The standard InChI is InChI=1S/C17H26N2O/c1-17(13-18,10-9-14-5-3-2-4-6-14)19-11-15-7-8-16(12-19)20-15/h2-6,15-16H,7-13,18H2,1H3. The van der Waals surface area contributed by atoms with Crippen LogP contribution < -0.4 is 5.73 Å². The second kappa shape index (κ2) is 5.84. The molecule has 2 saturated heterocycles. The van der Waals surface area contributed by atoms with Gasteiger partial charge in [0, 0.05) is 25.2 Å². The van der Waals surface area contributed by atoms with E-state index in [0.717, 1.165) is 32.5 Å². The number of fused-ring (bicyclic) bond motifs is 2. The van der Waals surface area contributed by atoms with Crippen LogP contribution in [0.3, 0.4) is 0 Å². The van der Waals surface area contributed by atoms with Crippen LogP contribution in [-0.2, 0) is 11.2 Å². The molecule has 0 radical (unpaired) electrons. The second-order valence-electron chi connectivity index (χ2n) is 6.55. The normalized spacial score (nSPS) is 29.3. The molecule has 20 heavy (non-hydrogen) atoms. The molecule has 0 amide bonds. The molecule has 2 fully saturated rings. The highest BCUT2D eigenvalue weighted by Crippen LogP contribution is 2.32. The monoisotopic (exact) mass is 274 g/mol. The lowest BCUT2D eigenvalue weighted by Crippen LogP contribution is -2.58. The van der Waals surface area contributed by atoms with Gasteiger partial charge in [-0.3, -0.25) is 4.90 Å². The summed E-state index contributed by atoms with van der Waals surface area (Å²) in [6.07, 6.45) is 5.54. The maximum Gasteiger partial charge on any atom is 0.0707 e. The highest BCUT2D eigenvalue weighted by atomic mass is 16.5. The first-order valence-electron chi connectivity index (χ1n) is 7.84. The van der Waals surface area contributed by atoms with E-state index >= 15 is 0 Å². The quantitative estimate of drug-likeness (QED) is 0.894.